The van der Waals surface area contributed by atoms with Crippen LogP contribution in [0.4, 0.5) is 0 Å². The van der Waals surface area contributed by atoms with E-state index in [2.05, 4.69) is 27.3 Å². The van der Waals surface area contributed by atoms with Crippen LogP contribution in [-0.4, -0.2) is 60.8 Å². The predicted octanol–water partition coefficient (Wildman–Crippen LogP) is 8.24. The van der Waals surface area contributed by atoms with Crippen LogP contribution >= 0.6 is 36.0 Å². The summed E-state index contributed by atoms with van der Waals surface area (Å²) in [5.74, 6) is 3.79. The highest BCUT2D eigenvalue weighted by atomic mass is 35.5. The molecule has 0 amide bonds. The van der Waals surface area contributed by atoms with Crippen molar-refractivity contribution in [3.8, 4) is 22.9 Å². The van der Waals surface area contributed by atoms with E-state index in [1.54, 1.807) is 28.1 Å². The second kappa shape index (κ2) is 23.9. The van der Waals surface area contributed by atoms with Gasteiger partial charge in [-0.15, -0.1) is 23.4 Å². The summed E-state index contributed by atoms with van der Waals surface area (Å²) >= 11 is 10.9. The number of ether oxygens (including phenoxy) is 4. The Hall–Kier alpha value is -3.29. The number of thioether (sulfide) groups is 1. The average Bonchev–Trinajstić information content (AvgIpc) is 3.64. The molecule has 4 aromatic rings. The molecule has 0 aliphatic carbocycles. The van der Waals surface area contributed by atoms with Crippen molar-refractivity contribution in [1.82, 2.24) is 9.97 Å². The number of nitrogens with zero attached hydrogens (tertiary/aromatic N) is 2. The van der Waals surface area contributed by atoms with Gasteiger partial charge in [-0.1, -0.05) is 31.7 Å². The van der Waals surface area contributed by atoms with Crippen molar-refractivity contribution in [1.29, 1.82) is 0 Å². The smallest absolute Gasteiger partial charge is 0.315 e. The van der Waals surface area contributed by atoms with Gasteiger partial charge in [-0.25, -0.2) is 9.97 Å². The van der Waals surface area contributed by atoms with Crippen LogP contribution in [0.5, 0.6) is 0 Å². The van der Waals surface area contributed by atoms with Gasteiger partial charge in [0.25, 0.3) is 0 Å². The zero-order chi connectivity index (χ0) is 34.6. The number of hydrogen-bond acceptors (Lipinski definition) is 12. The van der Waals surface area contributed by atoms with Gasteiger partial charge in [0.2, 0.25) is 11.8 Å². The van der Waals surface area contributed by atoms with Gasteiger partial charge in [-0.2, -0.15) is 12.6 Å². The molecule has 10 nitrogen and oxygen atoms in total. The maximum Gasteiger partial charge on any atom is 0.315 e. The van der Waals surface area contributed by atoms with Crippen LogP contribution in [0.2, 0.25) is 0 Å². The van der Waals surface area contributed by atoms with Crippen molar-refractivity contribution in [2.45, 2.75) is 60.0 Å². The molecule has 0 saturated carbocycles. The third-order valence-electron chi connectivity index (χ3n) is 6.13. The topological polar surface area (TPSA) is 123 Å². The van der Waals surface area contributed by atoms with Crippen molar-refractivity contribution in [3.05, 3.63) is 82.6 Å². The first-order valence-corrected chi connectivity index (χ1v) is 17.2. The number of hydrogen-bond donors (Lipinski definition) is 1. The Kier molecular flexibility index (Phi) is 21.3. The molecule has 4 rings (SSSR count). The largest absolute Gasteiger partial charge is 0.465 e. The molecule has 2 aromatic heterocycles. The van der Waals surface area contributed by atoms with Gasteiger partial charge < -0.3 is 27.8 Å². The molecule has 2 aromatic carbocycles. The van der Waals surface area contributed by atoms with Crippen LogP contribution in [0, 0.1) is 13.8 Å². The number of benzene rings is 2. The zero-order valence-electron chi connectivity index (χ0n) is 27.7. The minimum Gasteiger partial charge on any atom is -0.465 e. The van der Waals surface area contributed by atoms with E-state index in [1.165, 1.54) is 11.8 Å². The Morgan fingerprint density at radius 3 is 1.58 bits per heavy atom. The summed E-state index contributed by atoms with van der Waals surface area (Å²) in [4.78, 5) is 30.3. The summed E-state index contributed by atoms with van der Waals surface area (Å²) in [6.45, 7) is 9.36. The first-order chi connectivity index (χ1) is 22.7. The fraction of sp³-hybridized carbons (Fsp3) is 0.429. The second-order valence-electron chi connectivity index (χ2n) is 9.70. The number of esters is 2. The lowest BCUT2D eigenvalue weighted by atomic mass is 10.1. The summed E-state index contributed by atoms with van der Waals surface area (Å²) in [7, 11) is 3.35. The minimum absolute atomic E-state index is 0. The van der Waals surface area contributed by atoms with E-state index in [-0.39, 0.29) is 25.1 Å². The Bertz CT molecular complexity index is 1490. The molecule has 264 valence electrons. The maximum atomic E-state index is 11.3. The van der Waals surface area contributed by atoms with E-state index in [0.29, 0.717) is 55.6 Å². The van der Waals surface area contributed by atoms with Crippen LogP contribution in [0.3, 0.4) is 0 Å². The molecule has 48 heavy (non-hydrogen) atoms. The first-order valence-electron chi connectivity index (χ1n) is 14.8. The lowest BCUT2D eigenvalue weighted by Crippen LogP contribution is -2.06. The molecule has 0 aliphatic heterocycles. The number of halogens is 1. The molecule has 13 heteroatoms. The Balaban J connectivity index is 0.000000405. The van der Waals surface area contributed by atoms with Crippen LogP contribution in [0.25, 0.3) is 22.9 Å². The molecule has 0 saturated heterocycles. The zero-order valence-corrected chi connectivity index (χ0v) is 30.1. The van der Waals surface area contributed by atoms with Crippen molar-refractivity contribution in [2.24, 2.45) is 0 Å². The second-order valence-corrected chi connectivity index (χ2v) is 11.3. The summed E-state index contributed by atoms with van der Waals surface area (Å²) in [5, 5.41) is 0. The van der Waals surface area contributed by atoms with Crippen molar-refractivity contribution in [3.63, 3.8) is 0 Å². The van der Waals surface area contributed by atoms with Gasteiger partial charge in [0, 0.05) is 31.1 Å². The molecule has 0 unspecified atom stereocenters. The standard InChI is InChI=1S/C17H21NO4S.C13H14ClNO2.C4H8O2S.CH4/c1-4-21-16(19)11-23-10-15-12(2)22-17(18-15)14-7-5-13(6-8-14)9-20-3;1-9-12(7-14)15-13(17-9)11-5-3-10(4-6-11)8-16-2;1-2-6-4(5)3-7;/h5-8H,4,9-11H2,1-3H3;3-6H,7-8H2,1-2H3;7H,2-3H2,1H3;1H4. The lowest BCUT2D eigenvalue weighted by Gasteiger charge is -2.00. The quantitative estimate of drug-likeness (QED) is 0.0769. The highest BCUT2D eigenvalue weighted by molar-refractivity contribution is 7.99. The summed E-state index contributed by atoms with van der Waals surface area (Å²) < 4.78 is 30.8. The molecule has 0 fully saturated rings. The number of oxazole rings is 2. The van der Waals surface area contributed by atoms with Gasteiger partial charge >= 0.3 is 11.9 Å². The summed E-state index contributed by atoms with van der Waals surface area (Å²) in [6.07, 6.45) is 0. The Morgan fingerprint density at radius 1 is 0.771 bits per heavy atom. The predicted molar refractivity (Wildman–Crippen MR) is 194 cm³/mol. The van der Waals surface area contributed by atoms with Gasteiger partial charge in [0.15, 0.2) is 0 Å². The van der Waals surface area contributed by atoms with E-state index in [0.717, 1.165) is 45.2 Å². The fourth-order valence-electron chi connectivity index (χ4n) is 3.82. The highest BCUT2D eigenvalue weighted by Crippen LogP contribution is 2.25. The number of alkyl halides is 1. The van der Waals surface area contributed by atoms with Crippen LogP contribution in [0.15, 0.2) is 57.4 Å². The van der Waals surface area contributed by atoms with Crippen molar-refractivity contribution >= 4 is 47.9 Å². The van der Waals surface area contributed by atoms with E-state index in [4.69, 9.17) is 34.6 Å². The first kappa shape index (κ1) is 42.7. The monoisotopic (exact) mass is 722 g/mol. The average molecular weight is 723 g/mol. The minimum atomic E-state index is -0.258. The number of thiol groups is 1. The van der Waals surface area contributed by atoms with Crippen LogP contribution in [-0.2, 0) is 53.4 Å². The van der Waals surface area contributed by atoms with Crippen LogP contribution in [0.1, 0.15) is 55.3 Å². The van der Waals surface area contributed by atoms with Crippen LogP contribution < -0.4 is 0 Å². The summed E-state index contributed by atoms with van der Waals surface area (Å²) in [6, 6.07) is 15.9. The SMILES string of the molecule is C.CCOC(=O)CS.CCOC(=O)CSCc1nc(-c2ccc(COC)cc2)oc1C.COCc1ccc(-c2nc(CCl)c(C)o2)cc1. The molecule has 0 radical (unpaired) electrons. The Labute approximate surface area is 298 Å². The number of rotatable bonds is 14. The van der Waals surface area contributed by atoms with Gasteiger partial charge in [-0.3, -0.25) is 9.59 Å². The Morgan fingerprint density at radius 2 is 1.21 bits per heavy atom. The van der Waals surface area contributed by atoms with Gasteiger partial charge in [-0.05, 0) is 63.1 Å². The third kappa shape index (κ3) is 14.9. The maximum absolute atomic E-state index is 11.3. The third-order valence-corrected chi connectivity index (χ3v) is 7.56. The van der Waals surface area contributed by atoms with E-state index < -0.39 is 0 Å². The fourth-order valence-corrected chi connectivity index (χ4v) is 4.97. The number of aromatic nitrogens is 2. The van der Waals surface area contributed by atoms with E-state index in [9.17, 15) is 9.59 Å². The van der Waals surface area contributed by atoms with Gasteiger partial charge in [0.1, 0.15) is 11.5 Å². The number of aryl methyl sites for hydroxylation is 2. The van der Waals surface area contributed by atoms with E-state index in [1.807, 2.05) is 62.4 Å². The number of carbonyl (C=O) groups excluding carboxylic acids is 2. The van der Waals surface area contributed by atoms with E-state index >= 15 is 0 Å². The summed E-state index contributed by atoms with van der Waals surface area (Å²) in [5.41, 5.74) is 5.75. The van der Waals surface area contributed by atoms with Crippen molar-refractivity contribution < 1.29 is 37.4 Å². The van der Waals surface area contributed by atoms with Gasteiger partial charge in [0.05, 0.1) is 55.2 Å². The lowest BCUT2D eigenvalue weighted by molar-refractivity contribution is -0.140. The molecule has 0 spiro atoms. The normalized spacial score (nSPS) is 10.2. The number of carbonyl (C=O) groups is 2. The molecule has 0 atom stereocenters. The number of methoxy groups -OCH3 is 2. The molecule has 0 aliphatic rings. The molecule has 0 bridgehead atoms. The molecule has 0 N–H and O–H groups in total. The van der Waals surface area contributed by atoms with Crippen molar-refractivity contribution in [2.75, 3.05) is 38.9 Å². The molecule has 2 heterocycles. The highest BCUT2D eigenvalue weighted by Gasteiger charge is 2.13. The molecular weight excluding hydrogens is 676 g/mol. The molecular formula is C35H47ClN2O8S2.